The maximum Gasteiger partial charge on any atom is 0.214 e. The highest BCUT2D eigenvalue weighted by molar-refractivity contribution is 7.90. The lowest BCUT2D eigenvalue weighted by atomic mass is 10.0. The molecule has 1 N–H and O–H groups in total. The van der Waals surface area contributed by atoms with Gasteiger partial charge < -0.3 is 0 Å². The zero-order valence-electron chi connectivity index (χ0n) is 9.29. The summed E-state index contributed by atoms with van der Waals surface area (Å²) in [6, 6.07) is 0. The first-order valence-electron chi connectivity index (χ1n) is 5.39. The van der Waals surface area contributed by atoms with Crippen molar-refractivity contribution in [3.63, 3.8) is 0 Å². The van der Waals surface area contributed by atoms with Crippen molar-refractivity contribution in [3.05, 3.63) is 0 Å². The van der Waals surface area contributed by atoms with Crippen LogP contribution >= 0.6 is 0 Å². The highest BCUT2D eigenvalue weighted by Crippen LogP contribution is 2.38. The Bertz CT molecular complexity index is 268. The Hall–Kier alpha value is -0.0900. The molecule has 1 fully saturated rings. The van der Waals surface area contributed by atoms with Crippen LogP contribution in [0.25, 0.3) is 0 Å². The lowest BCUT2D eigenvalue weighted by molar-refractivity contribution is 0.497. The molecule has 0 heterocycles. The molecule has 1 aliphatic rings. The minimum absolute atomic E-state index is 0.144. The highest BCUT2D eigenvalue weighted by Gasteiger charge is 2.38. The quantitative estimate of drug-likeness (QED) is 0.740. The minimum atomic E-state index is -3.04. The fourth-order valence-corrected chi connectivity index (χ4v) is 3.29. The van der Waals surface area contributed by atoms with Gasteiger partial charge in [0.05, 0.1) is 5.25 Å². The van der Waals surface area contributed by atoms with E-state index in [9.17, 15) is 8.42 Å². The van der Waals surface area contributed by atoms with Gasteiger partial charge in [-0.25, -0.2) is 13.1 Å². The van der Waals surface area contributed by atoms with Gasteiger partial charge >= 0.3 is 0 Å². The molecule has 0 radical (unpaired) electrons. The van der Waals surface area contributed by atoms with Crippen LogP contribution in [-0.2, 0) is 10.0 Å². The van der Waals surface area contributed by atoms with Crippen molar-refractivity contribution in [2.24, 2.45) is 11.8 Å². The largest absolute Gasteiger partial charge is 0.218 e. The van der Waals surface area contributed by atoms with E-state index in [1.807, 2.05) is 0 Å². The average Bonchev–Trinajstić information content (AvgIpc) is 2.87. The Balaban J connectivity index is 2.56. The SMILES string of the molecule is CNS(=O)(=O)C(CCC(C)C)C1CC1. The van der Waals surface area contributed by atoms with Crippen LogP contribution < -0.4 is 4.72 Å². The van der Waals surface area contributed by atoms with Gasteiger partial charge in [0, 0.05) is 0 Å². The fourth-order valence-electron chi connectivity index (χ4n) is 1.76. The smallest absolute Gasteiger partial charge is 0.214 e. The summed E-state index contributed by atoms with van der Waals surface area (Å²) in [6.07, 6.45) is 3.99. The van der Waals surface area contributed by atoms with E-state index in [0.717, 1.165) is 25.7 Å². The molecule has 0 spiro atoms. The van der Waals surface area contributed by atoms with E-state index in [2.05, 4.69) is 18.6 Å². The first-order chi connectivity index (χ1) is 6.47. The molecule has 0 bridgehead atoms. The number of hydrogen-bond acceptors (Lipinski definition) is 2. The van der Waals surface area contributed by atoms with E-state index in [1.165, 1.54) is 7.05 Å². The van der Waals surface area contributed by atoms with Gasteiger partial charge in [-0.3, -0.25) is 0 Å². The Morgan fingerprint density at radius 2 is 1.86 bits per heavy atom. The van der Waals surface area contributed by atoms with Gasteiger partial charge in [0.2, 0.25) is 10.0 Å². The van der Waals surface area contributed by atoms with Gasteiger partial charge in [0.1, 0.15) is 0 Å². The number of nitrogens with one attached hydrogen (secondary N) is 1. The second-order valence-electron chi connectivity index (χ2n) is 4.60. The summed E-state index contributed by atoms with van der Waals surface area (Å²) in [6.45, 7) is 4.27. The summed E-state index contributed by atoms with van der Waals surface area (Å²) in [7, 11) is -1.53. The molecule has 4 heteroatoms. The van der Waals surface area contributed by atoms with Crippen LogP contribution in [-0.4, -0.2) is 20.7 Å². The fraction of sp³-hybridized carbons (Fsp3) is 1.00. The Morgan fingerprint density at radius 1 is 1.29 bits per heavy atom. The molecule has 0 aliphatic heterocycles. The molecule has 1 unspecified atom stereocenters. The van der Waals surface area contributed by atoms with Crippen molar-refractivity contribution in [2.45, 2.75) is 44.8 Å². The first kappa shape index (κ1) is 12.0. The predicted octanol–water partition coefficient (Wildman–Crippen LogP) is 1.75. The molecule has 0 aromatic heterocycles. The van der Waals surface area contributed by atoms with Crippen LogP contribution in [0.3, 0.4) is 0 Å². The molecule has 0 amide bonds. The molecule has 0 aromatic rings. The summed E-state index contributed by atoms with van der Waals surface area (Å²) in [5.74, 6) is 1.01. The molecule has 1 saturated carbocycles. The molecule has 0 saturated heterocycles. The van der Waals surface area contributed by atoms with Crippen molar-refractivity contribution >= 4 is 10.0 Å². The zero-order chi connectivity index (χ0) is 10.8. The summed E-state index contributed by atoms with van der Waals surface area (Å²) in [5, 5.41) is -0.144. The van der Waals surface area contributed by atoms with Crippen LogP contribution in [0.15, 0.2) is 0 Å². The monoisotopic (exact) mass is 219 g/mol. The Kier molecular flexibility index (Phi) is 3.95. The molecule has 1 aliphatic carbocycles. The van der Waals surface area contributed by atoms with Crippen LogP contribution in [0, 0.1) is 11.8 Å². The van der Waals surface area contributed by atoms with Crippen LogP contribution in [0.1, 0.15) is 39.5 Å². The Labute approximate surface area is 87.3 Å². The molecular weight excluding hydrogens is 198 g/mol. The van der Waals surface area contributed by atoms with E-state index in [1.54, 1.807) is 0 Å². The summed E-state index contributed by atoms with van der Waals surface area (Å²) in [5.41, 5.74) is 0. The van der Waals surface area contributed by atoms with Gasteiger partial charge in [-0.1, -0.05) is 13.8 Å². The van der Waals surface area contributed by atoms with Crippen molar-refractivity contribution in [1.29, 1.82) is 0 Å². The molecule has 1 rings (SSSR count). The van der Waals surface area contributed by atoms with Crippen LogP contribution in [0.4, 0.5) is 0 Å². The number of hydrogen-bond donors (Lipinski definition) is 1. The van der Waals surface area contributed by atoms with Gasteiger partial charge in [-0.2, -0.15) is 0 Å². The first-order valence-corrected chi connectivity index (χ1v) is 6.94. The lowest BCUT2D eigenvalue weighted by Crippen LogP contribution is -2.33. The normalized spacial score (nSPS) is 20.0. The van der Waals surface area contributed by atoms with E-state index >= 15 is 0 Å². The molecule has 3 nitrogen and oxygen atoms in total. The van der Waals surface area contributed by atoms with E-state index < -0.39 is 10.0 Å². The molecule has 84 valence electrons. The van der Waals surface area contributed by atoms with E-state index in [-0.39, 0.29) is 5.25 Å². The van der Waals surface area contributed by atoms with Crippen molar-refractivity contribution < 1.29 is 8.42 Å². The zero-order valence-corrected chi connectivity index (χ0v) is 10.1. The van der Waals surface area contributed by atoms with Crippen LogP contribution in [0.5, 0.6) is 0 Å². The van der Waals surface area contributed by atoms with E-state index in [4.69, 9.17) is 0 Å². The van der Waals surface area contributed by atoms with Gasteiger partial charge in [-0.05, 0) is 44.6 Å². The average molecular weight is 219 g/mol. The van der Waals surface area contributed by atoms with Crippen LogP contribution in [0.2, 0.25) is 0 Å². The number of sulfonamides is 1. The second-order valence-corrected chi connectivity index (χ2v) is 6.70. The molecular formula is C10H21NO2S. The molecule has 0 aromatic carbocycles. The maximum absolute atomic E-state index is 11.7. The lowest BCUT2D eigenvalue weighted by Gasteiger charge is -2.17. The van der Waals surface area contributed by atoms with Gasteiger partial charge in [0.25, 0.3) is 0 Å². The third kappa shape index (κ3) is 3.24. The minimum Gasteiger partial charge on any atom is -0.218 e. The topological polar surface area (TPSA) is 46.2 Å². The van der Waals surface area contributed by atoms with Crippen molar-refractivity contribution in [3.8, 4) is 0 Å². The highest BCUT2D eigenvalue weighted by atomic mass is 32.2. The maximum atomic E-state index is 11.7. The summed E-state index contributed by atoms with van der Waals surface area (Å²) >= 11 is 0. The predicted molar refractivity (Wildman–Crippen MR) is 58.6 cm³/mol. The third-order valence-corrected chi connectivity index (χ3v) is 4.85. The van der Waals surface area contributed by atoms with Gasteiger partial charge in [-0.15, -0.1) is 0 Å². The second kappa shape index (κ2) is 4.62. The summed E-state index contributed by atoms with van der Waals surface area (Å²) in [4.78, 5) is 0. The Morgan fingerprint density at radius 3 is 2.21 bits per heavy atom. The van der Waals surface area contributed by atoms with Gasteiger partial charge in [0.15, 0.2) is 0 Å². The van der Waals surface area contributed by atoms with Crippen molar-refractivity contribution in [2.75, 3.05) is 7.05 Å². The number of rotatable bonds is 6. The van der Waals surface area contributed by atoms with Crippen molar-refractivity contribution in [1.82, 2.24) is 4.72 Å². The van der Waals surface area contributed by atoms with E-state index in [0.29, 0.717) is 11.8 Å². The molecule has 1 atom stereocenters. The summed E-state index contributed by atoms with van der Waals surface area (Å²) < 4.78 is 25.8. The third-order valence-electron chi connectivity index (χ3n) is 2.86. The molecule has 14 heavy (non-hydrogen) atoms. The standard InChI is InChI=1S/C10H21NO2S/c1-8(2)4-7-10(9-5-6-9)14(12,13)11-3/h8-11H,4-7H2,1-3H3.